The number of nitrogens with one attached hydrogen (secondary N) is 1. The van der Waals surface area contributed by atoms with Gasteiger partial charge in [0.05, 0.1) is 5.52 Å². The van der Waals surface area contributed by atoms with Crippen molar-refractivity contribution in [2.75, 3.05) is 0 Å². The largest absolute Gasteiger partial charge is 0.357 e. The number of aromatic amines is 1. The number of H-pyrrole nitrogens is 1. The van der Waals surface area contributed by atoms with Crippen molar-refractivity contribution in [3.8, 4) is 0 Å². The summed E-state index contributed by atoms with van der Waals surface area (Å²) in [6.07, 6.45) is 2.28. The second-order valence-electron chi connectivity index (χ2n) is 4.17. The molecule has 0 unspecified atom stereocenters. The van der Waals surface area contributed by atoms with E-state index in [0.717, 1.165) is 27.6 Å². The number of benzene rings is 1. The molecular formula is C12H9FINO. The van der Waals surface area contributed by atoms with E-state index in [1.165, 1.54) is 12.1 Å². The number of hydrogen-bond donors (Lipinski definition) is 1. The summed E-state index contributed by atoms with van der Waals surface area (Å²) in [6, 6.07) is 4.35. The predicted molar refractivity (Wildman–Crippen MR) is 69.2 cm³/mol. The minimum Gasteiger partial charge on any atom is -0.357 e. The Morgan fingerprint density at radius 1 is 1.31 bits per heavy atom. The lowest BCUT2D eigenvalue weighted by Crippen LogP contribution is -2.06. The van der Waals surface area contributed by atoms with Crippen LogP contribution in [0.2, 0.25) is 0 Å². The fourth-order valence-electron chi connectivity index (χ4n) is 1.91. The molecule has 82 valence electrons. The molecule has 0 saturated heterocycles. The van der Waals surface area contributed by atoms with Gasteiger partial charge < -0.3 is 4.98 Å². The van der Waals surface area contributed by atoms with Gasteiger partial charge in [-0.05, 0) is 53.5 Å². The fourth-order valence-corrected chi connectivity index (χ4v) is 2.63. The van der Waals surface area contributed by atoms with Gasteiger partial charge in [-0.2, -0.15) is 0 Å². The standard InChI is InChI=1S/C12H9FINO/c13-7-3-8-11(16)5-10(6-1-2-6)15-12(8)9(14)4-7/h3-6H,1-2H2,(H,15,16). The molecule has 1 heterocycles. The summed E-state index contributed by atoms with van der Waals surface area (Å²) in [5, 5.41) is 0.439. The molecule has 2 aromatic rings. The van der Waals surface area contributed by atoms with E-state index in [1.54, 1.807) is 6.07 Å². The molecule has 1 aromatic heterocycles. The molecular weight excluding hydrogens is 320 g/mol. The first kappa shape index (κ1) is 10.3. The lowest BCUT2D eigenvalue weighted by atomic mass is 10.1. The summed E-state index contributed by atoms with van der Waals surface area (Å²) in [4.78, 5) is 15.1. The van der Waals surface area contributed by atoms with Gasteiger partial charge in [0, 0.05) is 20.7 Å². The van der Waals surface area contributed by atoms with Gasteiger partial charge in [0.25, 0.3) is 0 Å². The normalized spacial score (nSPS) is 15.6. The molecule has 1 fully saturated rings. The highest BCUT2D eigenvalue weighted by Gasteiger charge is 2.25. The lowest BCUT2D eigenvalue weighted by Gasteiger charge is -2.05. The van der Waals surface area contributed by atoms with Crippen LogP contribution >= 0.6 is 22.6 Å². The number of hydrogen-bond acceptors (Lipinski definition) is 1. The summed E-state index contributed by atoms with van der Waals surface area (Å²) in [5.74, 6) is 0.138. The van der Waals surface area contributed by atoms with Gasteiger partial charge in [-0.3, -0.25) is 4.79 Å². The topological polar surface area (TPSA) is 32.9 Å². The molecule has 0 atom stereocenters. The minimum atomic E-state index is -0.360. The van der Waals surface area contributed by atoms with Gasteiger partial charge in [-0.15, -0.1) is 0 Å². The van der Waals surface area contributed by atoms with Gasteiger partial charge in [-0.25, -0.2) is 4.39 Å². The molecule has 0 spiro atoms. The molecule has 4 heteroatoms. The monoisotopic (exact) mass is 329 g/mol. The van der Waals surface area contributed by atoms with Crippen molar-refractivity contribution in [2.45, 2.75) is 18.8 Å². The van der Waals surface area contributed by atoms with Crippen molar-refractivity contribution in [1.29, 1.82) is 0 Å². The molecule has 1 aliphatic carbocycles. The van der Waals surface area contributed by atoms with Crippen LogP contribution in [0.3, 0.4) is 0 Å². The highest BCUT2D eigenvalue weighted by atomic mass is 127. The second kappa shape index (κ2) is 3.55. The van der Waals surface area contributed by atoms with Crippen LogP contribution in [0.4, 0.5) is 4.39 Å². The van der Waals surface area contributed by atoms with Gasteiger partial charge >= 0.3 is 0 Å². The summed E-state index contributed by atoms with van der Waals surface area (Å²) in [7, 11) is 0. The number of pyridine rings is 1. The average molecular weight is 329 g/mol. The van der Waals surface area contributed by atoms with Gasteiger partial charge in [0.15, 0.2) is 5.43 Å². The zero-order valence-electron chi connectivity index (χ0n) is 8.39. The number of rotatable bonds is 1. The van der Waals surface area contributed by atoms with E-state index >= 15 is 0 Å². The van der Waals surface area contributed by atoms with E-state index in [9.17, 15) is 9.18 Å². The minimum absolute atomic E-state index is 0.0898. The quantitative estimate of drug-likeness (QED) is 0.801. The van der Waals surface area contributed by atoms with Crippen molar-refractivity contribution < 1.29 is 4.39 Å². The Kier molecular flexibility index (Phi) is 2.27. The summed E-state index contributed by atoms with van der Waals surface area (Å²) in [5.41, 5.74) is 1.66. The molecule has 1 N–H and O–H groups in total. The average Bonchev–Trinajstić information content (AvgIpc) is 3.02. The van der Waals surface area contributed by atoms with Crippen LogP contribution in [0, 0.1) is 9.39 Å². The van der Waals surface area contributed by atoms with Crippen molar-refractivity contribution in [1.82, 2.24) is 4.98 Å². The predicted octanol–water partition coefficient (Wildman–Crippen LogP) is 3.15. The van der Waals surface area contributed by atoms with Gasteiger partial charge in [-0.1, -0.05) is 0 Å². The molecule has 0 bridgehead atoms. The van der Waals surface area contributed by atoms with Crippen LogP contribution in [0.15, 0.2) is 23.0 Å². The highest BCUT2D eigenvalue weighted by molar-refractivity contribution is 14.1. The molecule has 2 nitrogen and oxygen atoms in total. The van der Waals surface area contributed by atoms with E-state index in [1.807, 2.05) is 0 Å². The third-order valence-corrected chi connectivity index (χ3v) is 3.74. The van der Waals surface area contributed by atoms with Crippen molar-refractivity contribution in [3.05, 3.63) is 43.5 Å². The van der Waals surface area contributed by atoms with Crippen LogP contribution in [-0.4, -0.2) is 4.98 Å². The Hall–Kier alpha value is -0.910. The summed E-state index contributed by atoms with van der Waals surface area (Å²) in [6.45, 7) is 0. The highest BCUT2D eigenvalue weighted by Crippen LogP contribution is 2.39. The van der Waals surface area contributed by atoms with E-state index in [4.69, 9.17) is 0 Å². The third-order valence-electron chi connectivity index (χ3n) is 2.89. The maximum atomic E-state index is 13.2. The number of fused-ring (bicyclic) bond motifs is 1. The van der Waals surface area contributed by atoms with E-state index in [-0.39, 0.29) is 11.2 Å². The van der Waals surface area contributed by atoms with E-state index in [0.29, 0.717) is 11.3 Å². The third kappa shape index (κ3) is 1.65. The molecule has 1 saturated carbocycles. The Balaban J connectivity index is 2.37. The number of halogens is 2. The van der Waals surface area contributed by atoms with E-state index in [2.05, 4.69) is 27.6 Å². The molecule has 1 aliphatic rings. The first-order chi connectivity index (χ1) is 7.65. The van der Waals surface area contributed by atoms with Crippen LogP contribution in [0.1, 0.15) is 24.5 Å². The Bertz CT molecular complexity index is 631. The summed E-state index contributed by atoms with van der Waals surface area (Å²) >= 11 is 2.05. The lowest BCUT2D eigenvalue weighted by molar-refractivity contribution is 0.628. The van der Waals surface area contributed by atoms with Crippen LogP contribution in [0.25, 0.3) is 10.9 Å². The maximum absolute atomic E-state index is 13.2. The zero-order chi connectivity index (χ0) is 11.3. The van der Waals surface area contributed by atoms with Crippen LogP contribution in [-0.2, 0) is 0 Å². The Morgan fingerprint density at radius 3 is 2.75 bits per heavy atom. The molecule has 0 amide bonds. The maximum Gasteiger partial charge on any atom is 0.189 e. The zero-order valence-corrected chi connectivity index (χ0v) is 10.5. The summed E-state index contributed by atoms with van der Waals surface area (Å²) < 4.78 is 13.9. The van der Waals surface area contributed by atoms with Gasteiger partial charge in [0.2, 0.25) is 0 Å². The van der Waals surface area contributed by atoms with Gasteiger partial charge in [0.1, 0.15) is 5.82 Å². The Morgan fingerprint density at radius 2 is 2.06 bits per heavy atom. The molecule has 16 heavy (non-hydrogen) atoms. The van der Waals surface area contributed by atoms with Crippen LogP contribution < -0.4 is 5.43 Å². The fraction of sp³-hybridized carbons (Fsp3) is 0.250. The molecule has 3 rings (SSSR count). The second-order valence-corrected chi connectivity index (χ2v) is 5.34. The van der Waals surface area contributed by atoms with E-state index < -0.39 is 0 Å². The Labute approximate surface area is 105 Å². The number of aromatic nitrogens is 1. The SMILES string of the molecule is O=c1cc(C2CC2)[nH]c2c(I)cc(F)cc12. The molecule has 1 aromatic carbocycles. The van der Waals surface area contributed by atoms with Crippen LogP contribution in [0.5, 0.6) is 0 Å². The van der Waals surface area contributed by atoms with Crippen molar-refractivity contribution in [3.63, 3.8) is 0 Å². The van der Waals surface area contributed by atoms with Crippen molar-refractivity contribution in [2.24, 2.45) is 0 Å². The van der Waals surface area contributed by atoms with Crippen molar-refractivity contribution >= 4 is 33.5 Å². The molecule has 0 radical (unpaired) electrons. The molecule has 0 aliphatic heterocycles. The first-order valence-corrected chi connectivity index (χ1v) is 6.25. The first-order valence-electron chi connectivity index (χ1n) is 5.17. The smallest absolute Gasteiger partial charge is 0.189 e.